The average molecular weight is 546 g/mol. The molecule has 4 aromatic rings. The molecule has 1 aromatic heterocycles. The lowest BCUT2D eigenvalue weighted by Gasteiger charge is -2.22. The van der Waals surface area contributed by atoms with E-state index in [1.807, 2.05) is 53.9 Å². The van der Waals surface area contributed by atoms with Gasteiger partial charge in [0, 0.05) is 36.1 Å². The fourth-order valence-electron chi connectivity index (χ4n) is 4.07. The third kappa shape index (κ3) is 7.58. The van der Waals surface area contributed by atoms with E-state index in [9.17, 15) is 9.59 Å². The van der Waals surface area contributed by atoms with Crippen LogP contribution in [-0.2, 0) is 17.8 Å². The highest BCUT2D eigenvalue weighted by Gasteiger charge is 2.17. The number of anilines is 1. The summed E-state index contributed by atoms with van der Waals surface area (Å²) in [4.78, 5) is 30.2. The van der Waals surface area contributed by atoms with Crippen molar-refractivity contribution in [2.45, 2.75) is 19.4 Å². The van der Waals surface area contributed by atoms with Crippen molar-refractivity contribution in [3.05, 3.63) is 94.9 Å². The van der Waals surface area contributed by atoms with Gasteiger partial charge in [-0.25, -0.2) is 4.98 Å². The SMILES string of the molecule is COc1ccc(OC)c(-c2csc(N(CCc3ccccc3)Cc3ccc(C(=O)NCCC(=O)O)cc3)n2)c1. The number of hydrogen-bond acceptors (Lipinski definition) is 7. The summed E-state index contributed by atoms with van der Waals surface area (Å²) >= 11 is 1.57. The van der Waals surface area contributed by atoms with Crippen molar-refractivity contribution in [3.8, 4) is 22.8 Å². The summed E-state index contributed by atoms with van der Waals surface area (Å²) in [5, 5.41) is 14.3. The standard InChI is InChI=1S/C30H31N3O5S/c1-37-24-12-13-27(38-2)25(18-24)26-20-39-30(32-26)33(17-15-21-6-4-3-5-7-21)19-22-8-10-23(11-9-22)29(36)31-16-14-28(34)35/h3-13,18,20H,14-17,19H2,1-2H3,(H,31,36)(H,34,35). The maximum Gasteiger partial charge on any atom is 0.305 e. The minimum absolute atomic E-state index is 0.0909. The van der Waals surface area contributed by atoms with Crippen molar-refractivity contribution in [1.82, 2.24) is 10.3 Å². The molecule has 2 N–H and O–H groups in total. The number of nitrogens with one attached hydrogen (secondary N) is 1. The van der Waals surface area contributed by atoms with Crippen LogP contribution in [0.3, 0.4) is 0 Å². The number of carboxylic acids is 1. The molecule has 4 rings (SSSR count). The number of amides is 1. The molecule has 1 amide bonds. The number of benzene rings is 3. The smallest absolute Gasteiger partial charge is 0.305 e. The number of carboxylic acid groups (broad SMARTS) is 1. The van der Waals surface area contributed by atoms with Gasteiger partial charge < -0.3 is 24.8 Å². The number of carbonyl (C=O) groups is 2. The van der Waals surface area contributed by atoms with Gasteiger partial charge in [0.05, 0.1) is 26.3 Å². The number of rotatable bonds is 13. The van der Waals surface area contributed by atoms with Crippen molar-refractivity contribution >= 4 is 28.3 Å². The van der Waals surface area contributed by atoms with E-state index in [-0.39, 0.29) is 18.9 Å². The minimum atomic E-state index is -0.948. The van der Waals surface area contributed by atoms with Crippen LogP contribution in [0, 0.1) is 0 Å². The third-order valence-electron chi connectivity index (χ3n) is 6.17. The molecule has 0 spiro atoms. The van der Waals surface area contributed by atoms with Crippen LogP contribution in [0.1, 0.15) is 27.9 Å². The summed E-state index contributed by atoms with van der Waals surface area (Å²) in [6.07, 6.45) is 0.736. The van der Waals surface area contributed by atoms with Crippen LogP contribution in [0.2, 0.25) is 0 Å². The number of thiazole rings is 1. The zero-order chi connectivity index (χ0) is 27.6. The van der Waals surface area contributed by atoms with Crippen molar-refractivity contribution in [2.24, 2.45) is 0 Å². The van der Waals surface area contributed by atoms with Crippen LogP contribution in [-0.4, -0.2) is 49.3 Å². The molecule has 0 atom stereocenters. The number of aliphatic carboxylic acids is 1. The first-order valence-corrected chi connectivity index (χ1v) is 13.4. The summed E-state index contributed by atoms with van der Waals surface area (Å²) < 4.78 is 11.0. The molecule has 0 aliphatic rings. The lowest BCUT2D eigenvalue weighted by molar-refractivity contribution is -0.136. The maximum absolute atomic E-state index is 12.3. The molecular formula is C30H31N3O5S. The molecule has 3 aromatic carbocycles. The molecule has 0 radical (unpaired) electrons. The van der Waals surface area contributed by atoms with Crippen molar-refractivity contribution < 1.29 is 24.2 Å². The normalized spacial score (nSPS) is 10.6. The van der Waals surface area contributed by atoms with Crippen LogP contribution in [0.25, 0.3) is 11.3 Å². The third-order valence-corrected chi connectivity index (χ3v) is 7.07. The van der Waals surface area contributed by atoms with Crippen molar-refractivity contribution in [1.29, 1.82) is 0 Å². The van der Waals surface area contributed by atoms with Crippen LogP contribution >= 0.6 is 11.3 Å². The summed E-state index contributed by atoms with van der Waals surface area (Å²) in [5.41, 5.74) is 4.43. The Kier molecular flexibility index (Phi) is 9.53. The summed E-state index contributed by atoms with van der Waals surface area (Å²) in [5.74, 6) is 0.214. The molecule has 202 valence electrons. The first-order valence-electron chi connectivity index (χ1n) is 12.5. The van der Waals surface area contributed by atoms with Crippen LogP contribution in [0.4, 0.5) is 5.13 Å². The Bertz CT molecular complexity index is 1390. The lowest BCUT2D eigenvalue weighted by atomic mass is 10.1. The van der Waals surface area contributed by atoms with E-state index in [1.54, 1.807) is 37.7 Å². The molecule has 9 heteroatoms. The van der Waals surface area contributed by atoms with Gasteiger partial charge in [-0.1, -0.05) is 42.5 Å². The number of hydrogen-bond donors (Lipinski definition) is 2. The average Bonchev–Trinajstić information content (AvgIpc) is 3.45. The van der Waals surface area contributed by atoms with Crippen molar-refractivity contribution in [3.63, 3.8) is 0 Å². The Morgan fingerprint density at radius 3 is 2.44 bits per heavy atom. The second kappa shape index (κ2) is 13.4. The number of aromatic nitrogens is 1. The molecule has 1 heterocycles. The predicted octanol–water partition coefficient (Wildman–Crippen LogP) is 5.28. The van der Waals surface area contributed by atoms with Gasteiger partial charge in [0.15, 0.2) is 5.13 Å². The van der Waals surface area contributed by atoms with E-state index in [0.717, 1.165) is 46.4 Å². The van der Waals surface area contributed by atoms with E-state index < -0.39 is 5.97 Å². The van der Waals surface area contributed by atoms with Crippen LogP contribution in [0.5, 0.6) is 11.5 Å². The first-order chi connectivity index (χ1) is 19.0. The van der Waals surface area contributed by atoms with Gasteiger partial charge in [-0.3, -0.25) is 9.59 Å². The Labute approximate surface area is 231 Å². The number of nitrogens with zero attached hydrogens (tertiary/aromatic N) is 2. The Morgan fingerprint density at radius 2 is 1.74 bits per heavy atom. The van der Waals surface area contributed by atoms with E-state index in [0.29, 0.717) is 12.1 Å². The van der Waals surface area contributed by atoms with Gasteiger partial charge in [-0.15, -0.1) is 11.3 Å². The zero-order valence-electron chi connectivity index (χ0n) is 21.9. The van der Waals surface area contributed by atoms with E-state index in [1.165, 1.54) is 5.56 Å². The largest absolute Gasteiger partial charge is 0.497 e. The second-order valence-electron chi connectivity index (χ2n) is 8.84. The molecule has 0 aliphatic heterocycles. The molecule has 8 nitrogen and oxygen atoms in total. The van der Waals surface area contributed by atoms with Gasteiger partial charge in [0.25, 0.3) is 5.91 Å². The highest BCUT2D eigenvalue weighted by Crippen LogP contribution is 2.36. The van der Waals surface area contributed by atoms with Gasteiger partial charge in [0.2, 0.25) is 0 Å². The highest BCUT2D eigenvalue weighted by molar-refractivity contribution is 7.14. The lowest BCUT2D eigenvalue weighted by Crippen LogP contribution is -2.26. The van der Waals surface area contributed by atoms with Crippen molar-refractivity contribution in [2.75, 3.05) is 32.2 Å². The Hall–Kier alpha value is -4.37. The zero-order valence-corrected chi connectivity index (χ0v) is 22.7. The molecular weight excluding hydrogens is 514 g/mol. The van der Waals surface area contributed by atoms with Gasteiger partial charge >= 0.3 is 5.97 Å². The molecule has 0 bridgehead atoms. The summed E-state index contributed by atoms with van der Waals surface area (Å²) in [6.45, 7) is 1.45. The second-order valence-corrected chi connectivity index (χ2v) is 9.67. The predicted molar refractivity (Wildman–Crippen MR) is 153 cm³/mol. The molecule has 0 unspecified atom stereocenters. The quantitative estimate of drug-likeness (QED) is 0.236. The summed E-state index contributed by atoms with van der Waals surface area (Å²) in [6, 6.07) is 23.3. The summed E-state index contributed by atoms with van der Waals surface area (Å²) in [7, 11) is 3.27. The van der Waals surface area contributed by atoms with E-state index in [2.05, 4.69) is 22.3 Å². The van der Waals surface area contributed by atoms with Crippen LogP contribution < -0.4 is 19.7 Å². The van der Waals surface area contributed by atoms with E-state index in [4.69, 9.17) is 19.6 Å². The molecule has 39 heavy (non-hydrogen) atoms. The number of ether oxygens (including phenoxy) is 2. The highest BCUT2D eigenvalue weighted by atomic mass is 32.1. The Balaban J connectivity index is 1.54. The molecule has 0 aliphatic carbocycles. The van der Waals surface area contributed by atoms with Crippen LogP contribution in [0.15, 0.2) is 78.2 Å². The fraction of sp³-hybridized carbons (Fsp3) is 0.233. The minimum Gasteiger partial charge on any atom is -0.497 e. The fourth-order valence-corrected chi connectivity index (χ4v) is 4.92. The van der Waals surface area contributed by atoms with E-state index >= 15 is 0 Å². The monoisotopic (exact) mass is 545 g/mol. The maximum atomic E-state index is 12.3. The molecule has 0 fully saturated rings. The molecule has 0 saturated heterocycles. The molecule has 0 saturated carbocycles. The van der Waals surface area contributed by atoms with Gasteiger partial charge in [-0.05, 0) is 47.9 Å². The number of methoxy groups -OCH3 is 2. The Morgan fingerprint density at radius 1 is 0.974 bits per heavy atom. The van der Waals surface area contributed by atoms with Gasteiger partial charge in [0.1, 0.15) is 11.5 Å². The first kappa shape index (κ1) is 27.7. The number of carbonyl (C=O) groups excluding carboxylic acids is 1. The van der Waals surface area contributed by atoms with Gasteiger partial charge in [-0.2, -0.15) is 0 Å². The topological polar surface area (TPSA) is 101 Å².